The molecule has 3 aliphatic heterocycles. The fourth-order valence-corrected chi connectivity index (χ4v) is 19.1. The van der Waals surface area contributed by atoms with Gasteiger partial charge in [-0.1, -0.05) is 72.8 Å². The molecule has 7 heterocycles. The molecule has 0 bridgehead atoms. The number of carbonyl (C=O) groups is 2. The number of hydrogen-bond acceptors (Lipinski definition) is 42. The molecule has 0 saturated carbocycles. The molecule has 126 heavy (non-hydrogen) atoms. The zero-order chi connectivity index (χ0) is 85.3. The summed E-state index contributed by atoms with van der Waals surface area (Å²) < 4.78 is 151. The summed E-state index contributed by atoms with van der Waals surface area (Å²) in [6, 6.07) is 36.8. The molecule has 4 aromatic heterocycles. The van der Waals surface area contributed by atoms with E-state index in [-0.39, 0.29) is 350 Å². The third-order valence-electron chi connectivity index (χ3n) is 19.4. The average Bonchev–Trinajstić information content (AvgIpc) is 0.709. The first kappa shape index (κ1) is 93.7. The monoisotopic (exact) mass is 1850 g/mol. The Kier molecular flexibility index (Phi) is 28.4. The van der Waals surface area contributed by atoms with Gasteiger partial charge >= 0.3 is 118 Å². The molecule has 52 heteroatoms. The number of fused-ring (bicyclic) bond motifs is 6. The normalized spacial score (nSPS) is 14.3. The van der Waals surface area contributed by atoms with E-state index in [0.717, 1.165) is 24.3 Å². The van der Waals surface area contributed by atoms with Crippen molar-refractivity contribution < 1.29 is 200 Å². The second-order valence-electron chi connectivity index (χ2n) is 26.7. The van der Waals surface area contributed by atoms with Crippen LogP contribution in [0.3, 0.4) is 0 Å². The van der Waals surface area contributed by atoms with E-state index in [4.69, 9.17) is 31.4 Å². The molecule has 2 aliphatic carbocycles. The summed E-state index contributed by atoms with van der Waals surface area (Å²) in [5.41, 5.74) is 13.3. The van der Waals surface area contributed by atoms with Gasteiger partial charge in [-0.15, -0.1) is 0 Å². The summed E-state index contributed by atoms with van der Waals surface area (Å²) in [4.78, 5) is 84.9. The smallest absolute Gasteiger partial charge is 0.744 e. The molecule has 1 fully saturated rings. The number of amidine groups is 2. The number of nitrogen functional groups attached to an aromatic ring is 2. The number of nitriles is 1. The molecule has 0 amide bonds. The maximum atomic E-state index is 15.2. The van der Waals surface area contributed by atoms with E-state index >= 15 is 9.59 Å². The third-order valence-corrected chi connectivity index (χ3v) is 25.3. The second kappa shape index (κ2) is 38.2. The van der Waals surface area contributed by atoms with Crippen molar-refractivity contribution in [2.75, 3.05) is 87.1 Å². The molecule has 12 aromatic rings. The molecule has 5 aliphatic rings. The number of ketones is 2. The van der Waals surface area contributed by atoms with Gasteiger partial charge in [0, 0.05) is 72.0 Å². The van der Waals surface area contributed by atoms with Crippen LogP contribution in [0.2, 0.25) is 0 Å². The van der Waals surface area contributed by atoms with Crippen molar-refractivity contribution in [2.45, 2.75) is 35.8 Å². The summed E-state index contributed by atoms with van der Waals surface area (Å²) in [6.45, 7) is 3.85. The summed E-state index contributed by atoms with van der Waals surface area (Å²) in [5.74, 6) is -3.10. The number of aromatic nitrogens is 8. The predicted molar refractivity (Wildman–Crippen MR) is 439 cm³/mol. The van der Waals surface area contributed by atoms with Crippen LogP contribution in [-0.2, 0) is 59.0 Å². The van der Waals surface area contributed by atoms with Crippen LogP contribution in [0.15, 0.2) is 195 Å². The molecule has 8 aromatic carbocycles. The Morgan fingerprint density at radius 2 is 0.960 bits per heavy atom. The van der Waals surface area contributed by atoms with Gasteiger partial charge < -0.3 is 67.5 Å². The first-order valence-corrected chi connectivity index (χ1v) is 42.9. The number of sulfonamides is 2. The van der Waals surface area contributed by atoms with Gasteiger partial charge in [0.2, 0.25) is 35.7 Å². The van der Waals surface area contributed by atoms with Crippen LogP contribution in [0.5, 0.6) is 0 Å². The van der Waals surface area contributed by atoms with Crippen LogP contribution in [0.4, 0.5) is 92.8 Å². The second-order valence-corrected chi connectivity index (χ2v) is 34.2. The molecule has 11 N–H and O–H groups in total. The fraction of sp³-hybridized carbons (Fsp3) is 0.0946. The first-order chi connectivity index (χ1) is 58.7. The Morgan fingerprint density at radius 1 is 0.532 bits per heavy atom. The minimum Gasteiger partial charge on any atom is -0.744 e. The number of carbonyl (C=O) groups excluding carboxylic acids is 2. The van der Waals surface area contributed by atoms with E-state index in [1.807, 2.05) is 0 Å². The zero-order valence-electron chi connectivity index (χ0n) is 65.8. The van der Waals surface area contributed by atoms with Gasteiger partial charge in [-0.3, -0.25) is 34.1 Å². The van der Waals surface area contributed by atoms with Crippen LogP contribution < -0.4 is 186 Å². The average molecular weight is 1850 g/mol. The van der Waals surface area contributed by atoms with Crippen molar-refractivity contribution in [3.63, 3.8) is 0 Å². The largest absolute Gasteiger partial charge is 1.00 e. The van der Waals surface area contributed by atoms with Crippen molar-refractivity contribution >= 4 is 215 Å². The Morgan fingerprint density at radius 3 is 1.44 bits per heavy atom. The molecule has 0 radical (unpaired) electrons. The zero-order valence-corrected chi connectivity index (χ0v) is 78.7. The van der Waals surface area contributed by atoms with E-state index in [1.54, 1.807) is 64.4 Å². The molecule has 616 valence electrons. The van der Waals surface area contributed by atoms with Crippen molar-refractivity contribution in [3.05, 3.63) is 179 Å². The maximum absolute atomic E-state index is 15.2. The van der Waals surface area contributed by atoms with E-state index in [0.29, 0.717) is 16.7 Å². The molecular weight excluding hydrogens is 1800 g/mol. The fourth-order valence-electron chi connectivity index (χ4n) is 14.5. The number of rotatable bonds is 26. The SMILES string of the molecule is C=NCC=Nc1nc2ccc(Nc3cc(Nc4nc(N)nc(N5CCN(c6nc(N)nc(Nc7cc(Nc8ccc9nc(NCCC#N)c(C%10=Nc%11ccccc%11S(=O)(=O)N%10)c%10c9c8C(=O)c8ccccc8-%10)c(SOO[O-])cc7S(=O)(=O)[O-])n6)CC5)n4)c(SOO[O-])cc3S(=O)(=O)[O-])c3c2c(c1C1=Nc2ccccc2S(=O)(=O)N1)-c1ccccc1C3=O.[Na+].[Na+].[Na+].[Na+]. The van der Waals surface area contributed by atoms with Gasteiger partial charge in [0.15, 0.2) is 29.1 Å². The number of para-hydroxylation sites is 2. The van der Waals surface area contributed by atoms with Crippen molar-refractivity contribution in [1.29, 1.82) is 5.26 Å². The summed E-state index contributed by atoms with van der Waals surface area (Å²) in [6.07, 6.45) is 1.39. The molecule has 0 spiro atoms. The molecular formula is C74H52N24Na4O18S6. The van der Waals surface area contributed by atoms with E-state index < -0.39 is 84.9 Å². The maximum Gasteiger partial charge on any atom is 1.00 e. The number of pyridine rings is 2. The Balaban J connectivity index is 0.00000340. The van der Waals surface area contributed by atoms with Crippen LogP contribution in [0.25, 0.3) is 44.1 Å². The standard InChI is InChI=1S/C74H56N24O18S6.4Na/c1-78-25-26-80-66-62(68-84-40-16-7-9-18-52(40)120(105,106)96-68)56-36-12-3-5-14-38(36)64(100)60-44(22-20-42(86-66)58(56)60)82-47-32-46(50(118-116-114-102)34-53(47)121(107,108)109)87-71-89-69(76)91-73(93-71)97-27-29-98(30-28-97)74-92-70(77)90-72(94-74)88-48-31-45(49(117-115-113-101)33-54(48)122(110,111)112)81-43-21-19-41-57-55(35-11-2-4-13-37(35)63(99)59(43)57)61(65(85-41)79-24-10-23-75)67-83-39-15-6-8-17-51(39)119(103,104)95-67;;;;/h2-9,11-22,26,31-34,81-82,101-102H,1,10,24-25,27-30H2,(H,79,85)(H,83,95)(H,84,96)(H,107,108,109)(H,110,111,112)(H3,76,87,89,91,93)(H3,77,88,90,92,94);;;;/q;4*+1/p-4. The van der Waals surface area contributed by atoms with E-state index in [1.165, 1.54) is 72.9 Å². The first-order valence-electron chi connectivity index (χ1n) is 35.6. The molecule has 17 rings (SSSR count). The number of nitrogens with zero attached hydrogens (tertiary/aromatic N) is 15. The van der Waals surface area contributed by atoms with Crippen LogP contribution in [0.1, 0.15) is 49.4 Å². The molecule has 42 nitrogen and oxygen atoms in total. The Hall–Kier alpha value is -9.91. The number of benzene rings is 8. The number of piperazine rings is 1. The number of anilines is 13. The summed E-state index contributed by atoms with van der Waals surface area (Å²) in [7, 11) is -19.6. The molecule has 1 saturated heterocycles. The molecule has 0 unspecified atom stereocenters. The number of hydrogen-bond donors (Lipinski definition) is 9. The van der Waals surface area contributed by atoms with Gasteiger partial charge in [0.05, 0.1) is 141 Å². The topological polar surface area (TPSA) is 619 Å². The number of nitrogens with two attached hydrogens (primary N) is 2. The van der Waals surface area contributed by atoms with Crippen LogP contribution in [-0.4, -0.2) is 158 Å². The van der Waals surface area contributed by atoms with Crippen molar-refractivity contribution in [3.8, 4) is 28.3 Å². The summed E-state index contributed by atoms with van der Waals surface area (Å²) >= 11 is 0.360. The van der Waals surface area contributed by atoms with Gasteiger partial charge in [0.25, 0.3) is 20.0 Å². The Labute approximate surface area is 810 Å². The van der Waals surface area contributed by atoms with E-state index in [9.17, 15) is 58.6 Å². The minimum absolute atomic E-state index is 0. The van der Waals surface area contributed by atoms with E-state index in [2.05, 4.69) is 107 Å². The minimum atomic E-state index is -5.52. The van der Waals surface area contributed by atoms with Crippen LogP contribution in [0, 0.1) is 11.3 Å². The predicted octanol–water partition coefficient (Wildman–Crippen LogP) is -5.20. The Bertz CT molecular complexity index is 7190. The van der Waals surface area contributed by atoms with Gasteiger partial charge in [-0.05, 0) is 90.6 Å². The van der Waals surface area contributed by atoms with Crippen molar-refractivity contribution in [1.82, 2.24) is 49.3 Å². The summed E-state index contributed by atoms with van der Waals surface area (Å²) in [5, 5.41) is 54.9. The number of nitrogens with one attached hydrogen (secondary N) is 7. The quantitative estimate of drug-likeness (QED) is 0.00465. The van der Waals surface area contributed by atoms with Gasteiger partial charge in [0.1, 0.15) is 35.8 Å². The number of aliphatic imine (C=N–C) groups is 4. The van der Waals surface area contributed by atoms with Crippen LogP contribution >= 0.6 is 24.1 Å². The third kappa shape index (κ3) is 18.3. The van der Waals surface area contributed by atoms with Gasteiger partial charge in [-0.2, -0.15) is 43.8 Å². The van der Waals surface area contributed by atoms with Gasteiger partial charge in [-0.25, -0.2) is 58.6 Å². The molecule has 0 atom stereocenters. The van der Waals surface area contributed by atoms with Crippen molar-refractivity contribution in [2.24, 2.45) is 20.0 Å².